The Morgan fingerprint density at radius 3 is 2.46 bits per heavy atom. The SMILES string of the molecule is C[C@H](CCC(O)CC(=O)OC(C)(C)C)O[C@@H]1O[C@@H](C)C(O)C[C@H]1O. The molecule has 0 saturated carbocycles. The van der Waals surface area contributed by atoms with Crippen LogP contribution in [0.5, 0.6) is 0 Å². The van der Waals surface area contributed by atoms with Gasteiger partial charge in [-0.2, -0.15) is 0 Å². The topological polar surface area (TPSA) is 105 Å². The number of hydrogen-bond donors (Lipinski definition) is 3. The molecule has 24 heavy (non-hydrogen) atoms. The van der Waals surface area contributed by atoms with E-state index in [9.17, 15) is 20.1 Å². The van der Waals surface area contributed by atoms with Crippen LogP contribution in [-0.2, 0) is 19.0 Å². The third-order valence-corrected chi connectivity index (χ3v) is 3.78. The van der Waals surface area contributed by atoms with E-state index in [1.807, 2.05) is 6.92 Å². The second kappa shape index (κ2) is 9.10. The predicted octanol–water partition coefficient (Wildman–Crippen LogP) is 1.12. The van der Waals surface area contributed by atoms with E-state index in [-0.39, 0.29) is 18.9 Å². The molecule has 6 atom stereocenters. The van der Waals surface area contributed by atoms with Crippen molar-refractivity contribution < 1.29 is 34.3 Å². The molecule has 0 bridgehead atoms. The minimum Gasteiger partial charge on any atom is -0.460 e. The van der Waals surface area contributed by atoms with Crippen LogP contribution in [-0.4, -0.2) is 63.7 Å². The van der Waals surface area contributed by atoms with Crippen LogP contribution in [0.1, 0.15) is 60.3 Å². The number of hydrogen-bond acceptors (Lipinski definition) is 7. The van der Waals surface area contributed by atoms with Crippen LogP contribution >= 0.6 is 0 Å². The Hall–Kier alpha value is -0.730. The van der Waals surface area contributed by atoms with Crippen molar-refractivity contribution in [2.24, 2.45) is 0 Å². The lowest BCUT2D eigenvalue weighted by atomic mass is 10.0. The Balaban J connectivity index is 2.30. The largest absolute Gasteiger partial charge is 0.460 e. The number of rotatable bonds is 7. The summed E-state index contributed by atoms with van der Waals surface area (Å²) in [6.45, 7) is 8.87. The minimum absolute atomic E-state index is 0.0598. The molecule has 1 saturated heterocycles. The first kappa shape index (κ1) is 21.3. The van der Waals surface area contributed by atoms with Gasteiger partial charge < -0.3 is 29.5 Å². The van der Waals surface area contributed by atoms with Crippen molar-refractivity contribution in [3.05, 3.63) is 0 Å². The summed E-state index contributed by atoms with van der Waals surface area (Å²) < 4.78 is 16.3. The Bertz CT molecular complexity index is 393. The number of aliphatic hydroxyl groups is 3. The molecule has 1 aliphatic rings. The Labute approximate surface area is 143 Å². The lowest BCUT2D eigenvalue weighted by molar-refractivity contribution is -0.273. The average molecular weight is 348 g/mol. The van der Waals surface area contributed by atoms with E-state index < -0.39 is 42.3 Å². The first-order chi connectivity index (χ1) is 11.0. The number of carbonyl (C=O) groups is 1. The number of ether oxygens (including phenoxy) is 3. The maximum Gasteiger partial charge on any atom is 0.308 e. The van der Waals surface area contributed by atoms with Gasteiger partial charge in [0.15, 0.2) is 6.29 Å². The van der Waals surface area contributed by atoms with E-state index in [0.717, 1.165) is 0 Å². The zero-order valence-electron chi connectivity index (χ0n) is 15.3. The van der Waals surface area contributed by atoms with E-state index in [1.165, 1.54) is 0 Å². The van der Waals surface area contributed by atoms with Gasteiger partial charge in [0.1, 0.15) is 11.7 Å². The summed E-state index contributed by atoms with van der Waals surface area (Å²) in [6, 6.07) is 0. The molecule has 0 aromatic rings. The zero-order valence-corrected chi connectivity index (χ0v) is 15.3. The van der Waals surface area contributed by atoms with Gasteiger partial charge in [-0.25, -0.2) is 0 Å². The Kier molecular flexibility index (Phi) is 8.08. The third kappa shape index (κ3) is 7.90. The summed E-state index contributed by atoms with van der Waals surface area (Å²) in [5.74, 6) is -0.433. The highest BCUT2D eigenvalue weighted by atomic mass is 16.7. The molecule has 1 heterocycles. The van der Waals surface area contributed by atoms with E-state index in [2.05, 4.69) is 0 Å². The highest BCUT2D eigenvalue weighted by Crippen LogP contribution is 2.23. The lowest BCUT2D eigenvalue weighted by Gasteiger charge is -2.36. The fourth-order valence-corrected chi connectivity index (χ4v) is 2.47. The molecule has 1 rings (SSSR count). The third-order valence-electron chi connectivity index (χ3n) is 3.78. The van der Waals surface area contributed by atoms with Gasteiger partial charge in [0.05, 0.1) is 30.8 Å². The molecule has 0 aliphatic carbocycles. The van der Waals surface area contributed by atoms with Gasteiger partial charge in [0.25, 0.3) is 0 Å². The van der Waals surface area contributed by atoms with E-state index in [0.29, 0.717) is 12.8 Å². The Morgan fingerprint density at radius 1 is 1.25 bits per heavy atom. The van der Waals surface area contributed by atoms with Gasteiger partial charge in [-0.1, -0.05) is 0 Å². The quantitative estimate of drug-likeness (QED) is 0.592. The predicted molar refractivity (Wildman–Crippen MR) is 87.2 cm³/mol. The summed E-state index contributed by atoms with van der Waals surface area (Å²) >= 11 is 0. The first-order valence-electron chi connectivity index (χ1n) is 8.55. The summed E-state index contributed by atoms with van der Waals surface area (Å²) in [7, 11) is 0. The smallest absolute Gasteiger partial charge is 0.308 e. The zero-order chi connectivity index (χ0) is 18.5. The monoisotopic (exact) mass is 348 g/mol. The molecule has 0 aromatic carbocycles. The van der Waals surface area contributed by atoms with E-state index in [1.54, 1.807) is 27.7 Å². The van der Waals surface area contributed by atoms with Gasteiger partial charge in [0.2, 0.25) is 0 Å². The second-order valence-electron chi connectivity index (χ2n) is 7.55. The highest BCUT2D eigenvalue weighted by Gasteiger charge is 2.35. The standard InChI is InChI=1S/C17H32O7/c1-10(22-16-14(20)9-13(19)11(2)23-16)6-7-12(18)8-15(21)24-17(3,4)5/h10-14,16,18-20H,6-9H2,1-5H3/t10-,11+,12?,13?,14-,16-/m1/s1. The van der Waals surface area contributed by atoms with Crippen LogP contribution in [0.15, 0.2) is 0 Å². The highest BCUT2D eigenvalue weighted by molar-refractivity contribution is 5.70. The Morgan fingerprint density at radius 2 is 1.88 bits per heavy atom. The normalized spacial score (nSPS) is 30.7. The van der Waals surface area contributed by atoms with Crippen LogP contribution in [0, 0.1) is 0 Å². The maximum atomic E-state index is 11.7. The van der Waals surface area contributed by atoms with Crippen LogP contribution in [0.25, 0.3) is 0 Å². The van der Waals surface area contributed by atoms with Crippen molar-refractivity contribution in [1.29, 1.82) is 0 Å². The lowest BCUT2D eigenvalue weighted by Crippen LogP contribution is -2.48. The summed E-state index contributed by atoms with van der Waals surface area (Å²) in [5, 5.41) is 29.4. The fraction of sp³-hybridized carbons (Fsp3) is 0.941. The average Bonchev–Trinajstić information content (AvgIpc) is 2.40. The molecule has 2 unspecified atom stereocenters. The molecule has 1 fully saturated rings. The van der Waals surface area contributed by atoms with Gasteiger partial charge in [0, 0.05) is 6.42 Å². The van der Waals surface area contributed by atoms with E-state index >= 15 is 0 Å². The molecule has 0 amide bonds. The van der Waals surface area contributed by atoms with Crippen molar-refractivity contribution in [2.75, 3.05) is 0 Å². The number of esters is 1. The molecule has 0 aromatic heterocycles. The van der Waals surface area contributed by atoms with Crippen molar-refractivity contribution in [2.45, 2.75) is 103 Å². The van der Waals surface area contributed by atoms with Gasteiger partial charge >= 0.3 is 5.97 Å². The minimum atomic E-state index is -0.884. The van der Waals surface area contributed by atoms with Crippen LogP contribution in [0.3, 0.4) is 0 Å². The number of aliphatic hydroxyl groups excluding tert-OH is 3. The molecule has 0 radical (unpaired) electrons. The van der Waals surface area contributed by atoms with Crippen LogP contribution in [0.4, 0.5) is 0 Å². The van der Waals surface area contributed by atoms with Crippen LogP contribution < -0.4 is 0 Å². The molecule has 1 aliphatic heterocycles. The van der Waals surface area contributed by atoms with Crippen LogP contribution in [0.2, 0.25) is 0 Å². The van der Waals surface area contributed by atoms with Crippen molar-refractivity contribution in [3.63, 3.8) is 0 Å². The molecule has 142 valence electrons. The summed E-state index contributed by atoms with van der Waals surface area (Å²) in [5.41, 5.74) is -0.567. The molecule has 7 nitrogen and oxygen atoms in total. The van der Waals surface area contributed by atoms with Crippen molar-refractivity contribution in [1.82, 2.24) is 0 Å². The maximum absolute atomic E-state index is 11.7. The summed E-state index contributed by atoms with van der Waals surface area (Å²) in [6.07, 6.45) is -2.81. The fourth-order valence-electron chi connectivity index (χ4n) is 2.47. The molecule has 3 N–H and O–H groups in total. The van der Waals surface area contributed by atoms with Crippen molar-refractivity contribution in [3.8, 4) is 0 Å². The molecule has 7 heteroatoms. The molecule has 0 spiro atoms. The molecular formula is C17H32O7. The summed E-state index contributed by atoms with van der Waals surface area (Å²) in [4.78, 5) is 11.7. The van der Waals surface area contributed by atoms with E-state index in [4.69, 9.17) is 14.2 Å². The van der Waals surface area contributed by atoms with Crippen molar-refractivity contribution >= 4 is 5.97 Å². The van der Waals surface area contributed by atoms with Gasteiger partial charge in [-0.15, -0.1) is 0 Å². The second-order valence-corrected chi connectivity index (χ2v) is 7.55. The first-order valence-corrected chi connectivity index (χ1v) is 8.55. The molecular weight excluding hydrogens is 316 g/mol. The van der Waals surface area contributed by atoms with Gasteiger partial charge in [-0.05, 0) is 47.5 Å². The van der Waals surface area contributed by atoms with Gasteiger partial charge in [-0.3, -0.25) is 4.79 Å². The number of carbonyl (C=O) groups excluding carboxylic acids is 1.